The van der Waals surface area contributed by atoms with Crippen LogP contribution in [0.25, 0.3) is 0 Å². The zero-order valence-electron chi connectivity index (χ0n) is 17.9. The highest BCUT2D eigenvalue weighted by molar-refractivity contribution is 9.10. The summed E-state index contributed by atoms with van der Waals surface area (Å²) in [5.74, 6) is 1.29. The number of rotatable bonds is 8. The molecule has 3 aromatic rings. The standard InChI is InChI=1S/C24H28BrN3O2/c1-5-28-23(22(25)14-26-28)15-27(4)24(29)20-8-6-7-18(13-20)16-30-21-11-9-19(10-12-21)17(2)3/h6-14,17H,5,15-16H2,1-4H3. The summed E-state index contributed by atoms with van der Waals surface area (Å²) in [7, 11) is 1.81. The van der Waals surface area contributed by atoms with Gasteiger partial charge in [-0.05, 0) is 64.2 Å². The highest BCUT2D eigenvalue weighted by Crippen LogP contribution is 2.21. The van der Waals surface area contributed by atoms with Gasteiger partial charge >= 0.3 is 0 Å². The Morgan fingerprint density at radius 1 is 1.20 bits per heavy atom. The summed E-state index contributed by atoms with van der Waals surface area (Å²) in [6.45, 7) is 8.03. The number of carbonyl (C=O) groups is 1. The molecular weight excluding hydrogens is 442 g/mol. The van der Waals surface area contributed by atoms with Crippen LogP contribution >= 0.6 is 15.9 Å². The van der Waals surface area contributed by atoms with Crippen LogP contribution in [0.5, 0.6) is 5.75 Å². The molecule has 3 rings (SSSR count). The molecule has 1 amide bonds. The Morgan fingerprint density at radius 2 is 1.93 bits per heavy atom. The number of nitrogens with zero attached hydrogens (tertiary/aromatic N) is 3. The van der Waals surface area contributed by atoms with E-state index in [9.17, 15) is 4.79 Å². The zero-order chi connectivity index (χ0) is 21.7. The molecule has 1 heterocycles. The molecule has 2 aromatic carbocycles. The van der Waals surface area contributed by atoms with Gasteiger partial charge in [-0.25, -0.2) is 0 Å². The Labute approximate surface area is 186 Å². The summed E-state index contributed by atoms with van der Waals surface area (Å²) >= 11 is 3.52. The van der Waals surface area contributed by atoms with Crippen molar-refractivity contribution in [1.82, 2.24) is 14.7 Å². The number of benzene rings is 2. The third-order valence-electron chi connectivity index (χ3n) is 5.06. The molecule has 0 N–H and O–H groups in total. The molecule has 30 heavy (non-hydrogen) atoms. The average molecular weight is 470 g/mol. The Balaban J connectivity index is 1.65. The first-order valence-corrected chi connectivity index (χ1v) is 11.0. The Morgan fingerprint density at radius 3 is 2.60 bits per heavy atom. The minimum Gasteiger partial charge on any atom is -0.489 e. The minimum atomic E-state index is -0.0334. The van der Waals surface area contributed by atoms with E-state index >= 15 is 0 Å². The van der Waals surface area contributed by atoms with Gasteiger partial charge in [-0.3, -0.25) is 9.48 Å². The van der Waals surface area contributed by atoms with E-state index in [0.29, 0.717) is 24.6 Å². The van der Waals surface area contributed by atoms with Gasteiger partial charge in [0.2, 0.25) is 0 Å². The van der Waals surface area contributed by atoms with E-state index in [2.05, 4.69) is 47.0 Å². The van der Waals surface area contributed by atoms with E-state index in [0.717, 1.165) is 28.0 Å². The van der Waals surface area contributed by atoms with Crippen molar-refractivity contribution >= 4 is 21.8 Å². The lowest BCUT2D eigenvalue weighted by Gasteiger charge is -2.19. The lowest BCUT2D eigenvalue weighted by Crippen LogP contribution is -2.27. The van der Waals surface area contributed by atoms with Gasteiger partial charge in [0.1, 0.15) is 12.4 Å². The lowest BCUT2D eigenvalue weighted by atomic mass is 10.0. The predicted octanol–water partition coefficient (Wildman–Crippen LogP) is 5.64. The molecule has 0 fully saturated rings. The molecule has 0 radical (unpaired) electrons. The van der Waals surface area contributed by atoms with Gasteiger partial charge in [-0.1, -0.05) is 38.1 Å². The Hall–Kier alpha value is -2.60. The number of hydrogen-bond donors (Lipinski definition) is 0. The molecular formula is C24H28BrN3O2. The van der Waals surface area contributed by atoms with Crippen LogP contribution in [-0.2, 0) is 19.7 Å². The van der Waals surface area contributed by atoms with Crippen molar-refractivity contribution < 1.29 is 9.53 Å². The summed E-state index contributed by atoms with van der Waals surface area (Å²) in [5.41, 5.74) is 3.88. The van der Waals surface area contributed by atoms with E-state index in [1.54, 1.807) is 18.1 Å². The molecule has 6 heteroatoms. The topological polar surface area (TPSA) is 47.4 Å². The SMILES string of the molecule is CCn1ncc(Br)c1CN(C)C(=O)c1cccc(COc2ccc(C(C)C)cc2)c1. The van der Waals surface area contributed by atoms with Crippen LogP contribution in [0.3, 0.4) is 0 Å². The van der Waals surface area contributed by atoms with E-state index in [1.807, 2.05) is 48.0 Å². The second-order valence-electron chi connectivity index (χ2n) is 7.63. The maximum Gasteiger partial charge on any atom is 0.253 e. The zero-order valence-corrected chi connectivity index (χ0v) is 19.5. The fourth-order valence-corrected chi connectivity index (χ4v) is 3.67. The first-order valence-electron chi connectivity index (χ1n) is 10.2. The van der Waals surface area contributed by atoms with Crippen molar-refractivity contribution in [3.05, 3.63) is 81.6 Å². The molecule has 0 aliphatic carbocycles. The molecule has 0 aliphatic rings. The van der Waals surface area contributed by atoms with Gasteiger partial charge in [0, 0.05) is 19.2 Å². The lowest BCUT2D eigenvalue weighted by molar-refractivity contribution is 0.0781. The normalized spacial score (nSPS) is 11.0. The van der Waals surface area contributed by atoms with Crippen LogP contribution in [0.2, 0.25) is 0 Å². The van der Waals surface area contributed by atoms with Gasteiger partial charge in [-0.2, -0.15) is 5.10 Å². The minimum absolute atomic E-state index is 0.0334. The van der Waals surface area contributed by atoms with Crippen molar-refractivity contribution in [2.24, 2.45) is 0 Å². The summed E-state index contributed by atoms with van der Waals surface area (Å²) in [4.78, 5) is 14.7. The molecule has 0 spiro atoms. The van der Waals surface area contributed by atoms with Crippen molar-refractivity contribution in [3.63, 3.8) is 0 Å². The number of ether oxygens (including phenoxy) is 1. The fourth-order valence-electron chi connectivity index (χ4n) is 3.24. The summed E-state index contributed by atoms with van der Waals surface area (Å²) in [5, 5.41) is 4.32. The molecule has 5 nitrogen and oxygen atoms in total. The van der Waals surface area contributed by atoms with Gasteiger partial charge in [-0.15, -0.1) is 0 Å². The monoisotopic (exact) mass is 469 g/mol. The fraction of sp³-hybridized carbons (Fsp3) is 0.333. The largest absolute Gasteiger partial charge is 0.489 e. The third-order valence-corrected chi connectivity index (χ3v) is 5.72. The molecule has 0 saturated carbocycles. The number of aryl methyl sites for hydroxylation is 1. The highest BCUT2D eigenvalue weighted by atomic mass is 79.9. The predicted molar refractivity (Wildman–Crippen MR) is 123 cm³/mol. The molecule has 0 aliphatic heterocycles. The smallest absolute Gasteiger partial charge is 0.253 e. The average Bonchev–Trinajstić information content (AvgIpc) is 3.11. The molecule has 0 bridgehead atoms. The Bertz CT molecular complexity index is 996. The van der Waals surface area contributed by atoms with Crippen LogP contribution in [0.4, 0.5) is 0 Å². The van der Waals surface area contributed by atoms with Crippen LogP contribution < -0.4 is 4.74 Å². The third kappa shape index (κ3) is 5.30. The Kier molecular flexibility index (Phi) is 7.32. The highest BCUT2D eigenvalue weighted by Gasteiger charge is 2.16. The van der Waals surface area contributed by atoms with E-state index in [-0.39, 0.29) is 5.91 Å². The van der Waals surface area contributed by atoms with Crippen LogP contribution in [0, 0.1) is 0 Å². The first kappa shape index (κ1) is 22.1. The molecule has 1 aromatic heterocycles. The quantitative estimate of drug-likeness (QED) is 0.428. The van der Waals surface area contributed by atoms with Crippen LogP contribution in [-0.4, -0.2) is 27.6 Å². The van der Waals surface area contributed by atoms with Crippen molar-refractivity contribution in [2.75, 3.05) is 7.05 Å². The van der Waals surface area contributed by atoms with Crippen molar-refractivity contribution in [3.8, 4) is 5.75 Å². The number of carbonyl (C=O) groups excluding carboxylic acids is 1. The van der Waals surface area contributed by atoms with Crippen molar-refractivity contribution in [2.45, 2.75) is 46.4 Å². The van der Waals surface area contributed by atoms with E-state index in [4.69, 9.17) is 4.74 Å². The molecule has 0 saturated heterocycles. The second kappa shape index (κ2) is 9.94. The number of hydrogen-bond acceptors (Lipinski definition) is 3. The number of halogens is 1. The van der Waals surface area contributed by atoms with Crippen LogP contribution in [0.15, 0.2) is 59.2 Å². The summed E-state index contributed by atoms with van der Waals surface area (Å²) in [6, 6.07) is 15.8. The molecule has 0 atom stereocenters. The van der Waals surface area contributed by atoms with E-state index in [1.165, 1.54) is 5.56 Å². The van der Waals surface area contributed by atoms with Gasteiger partial charge < -0.3 is 9.64 Å². The number of aromatic nitrogens is 2. The van der Waals surface area contributed by atoms with Crippen LogP contribution in [0.1, 0.15) is 53.9 Å². The van der Waals surface area contributed by atoms with Crippen molar-refractivity contribution in [1.29, 1.82) is 0 Å². The molecule has 0 unspecified atom stereocenters. The van der Waals surface area contributed by atoms with E-state index < -0.39 is 0 Å². The second-order valence-corrected chi connectivity index (χ2v) is 8.48. The van der Waals surface area contributed by atoms with Gasteiger partial charge in [0.25, 0.3) is 5.91 Å². The summed E-state index contributed by atoms with van der Waals surface area (Å²) < 4.78 is 8.71. The maximum atomic E-state index is 12.9. The maximum absolute atomic E-state index is 12.9. The number of amides is 1. The first-order chi connectivity index (χ1) is 14.4. The van der Waals surface area contributed by atoms with Gasteiger partial charge in [0.05, 0.1) is 22.9 Å². The summed E-state index contributed by atoms with van der Waals surface area (Å²) in [6.07, 6.45) is 1.77. The van der Waals surface area contributed by atoms with Gasteiger partial charge in [0.15, 0.2) is 0 Å². The molecule has 158 valence electrons.